The molecular formula is C15H20N4. The van der Waals surface area contributed by atoms with Crippen LogP contribution in [0.4, 0.5) is 0 Å². The average Bonchev–Trinajstić information content (AvgIpc) is 2.98. The van der Waals surface area contributed by atoms with Crippen molar-refractivity contribution in [3.63, 3.8) is 0 Å². The highest BCUT2D eigenvalue weighted by Gasteiger charge is 2.22. The van der Waals surface area contributed by atoms with E-state index in [2.05, 4.69) is 14.8 Å². The van der Waals surface area contributed by atoms with Crippen molar-refractivity contribution in [3.05, 3.63) is 48.0 Å². The predicted molar refractivity (Wildman–Crippen MR) is 74.6 cm³/mol. The molecule has 1 aromatic heterocycles. The van der Waals surface area contributed by atoms with E-state index in [1.807, 2.05) is 36.7 Å². The fourth-order valence-corrected chi connectivity index (χ4v) is 2.92. The first-order valence-corrected chi connectivity index (χ1v) is 7.06. The Kier molecular flexibility index (Phi) is 3.60. The number of nitrogens with zero attached hydrogens (tertiary/aromatic N) is 3. The Labute approximate surface area is 113 Å². The number of nitrogens with two attached hydrogens (primary N) is 1. The molecule has 0 radical (unpaired) electrons. The molecule has 1 aliphatic carbocycles. The van der Waals surface area contributed by atoms with E-state index < -0.39 is 0 Å². The fraction of sp³-hybridized carbons (Fsp3) is 0.467. The molecule has 0 spiro atoms. The summed E-state index contributed by atoms with van der Waals surface area (Å²) in [5, 5.41) is 8.33. The van der Waals surface area contributed by atoms with Crippen LogP contribution in [0.15, 0.2) is 36.7 Å². The molecule has 1 fully saturated rings. The topological polar surface area (TPSA) is 56.7 Å². The van der Waals surface area contributed by atoms with E-state index in [4.69, 9.17) is 5.73 Å². The smallest absolute Gasteiger partial charge is 0.154 e. The number of hydrogen-bond acceptors (Lipinski definition) is 3. The second-order valence-corrected chi connectivity index (χ2v) is 5.28. The van der Waals surface area contributed by atoms with Gasteiger partial charge in [0.05, 0.1) is 6.04 Å². The van der Waals surface area contributed by atoms with Crippen molar-refractivity contribution in [2.24, 2.45) is 5.73 Å². The van der Waals surface area contributed by atoms with E-state index in [-0.39, 0.29) is 6.04 Å². The minimum absolute atomic E-state index is 0.189. The molecule has 1 atom stereocenters. The van der Waals surface area contributed by atoms with Gasteiger partial charge in [-0.15, -0.1) is 10.2 Å². The highest BCUT2D eigenvalue weighted by Crippen LogP contribution is 2.30. The second-order valence-electron chi connectivity index (χ2n) is 5.28. The van der Waals surface area contributed by atoms with Crippen LogP contribution in [0.2, 0.25) is 0 Å². The minimum atomic E-state index is -0.189. The summed E-state index contributed by atoms with van der Waals surface area (Å²) >= 11 is 0. The highest BCUT2D eigenvalue weighted by molar-refractivity contribution is 5.24. The van der Waals surface area contributed by atoms with E-state index in [0.29, 0.717) is 6.04 Å². The maximum atomic E-state index is 6.34. The monoisotopic (exact) mass is 256 g/mol. The first kappa shape index (κ1) is 12.4. The lowest BCUT2D eigenvalue weighted by Crippen LogP contribution is -2.21. The van der Waals surface area contributed by atoms with Crippen LogP contribution in [0, 0.1) is 0 Å². The van der Waals surface area contributed by atoms with E-state index in [1.54, 1.807) is 0 Å². The molecule has 4 nitrogen and oxygen atoms in total. The van der Waals surface area contributed by atoms with Gasteiger partial charge in [0.2, 0.25) is 0 Å². The second kappa shape index (κ2) is 5.53. The SMILES string of the molecule is NC(c1ccccc1)c1nncn1C1CCCCC1. The summed E-state index contributed by atoms with van der Waals surface area (Å²) in [4.78, 5) is 0. The summed E-state index contributed by atoms with van der Waals surface area (Å²) in [6.45, 7) is 0. The third-order valence-electron chi connectivity index (χ3n) is 4.01. The van der Waals surface area contributed by atoms with E-state index in [9.17, 15) is 0 Å². The van der Waals surface area contributed by atoms with Gasteiger partial charge in [0, 0.05) is 6.04 Å². The molecule has 3 rings (SSSR count). The van der Waals surface area contributed by atoms with Crippen LogP contribution >= 0.6 is 0 Å². The van der Waals surface area contributed by atoms with Crippen LogP contribution in [-0.2, 0) is 0 Å². The van der Waals surface area contributed by atoms with Crippen molar-refractivity contribution in [2.45, 2.75) is 44.2 Å². The summed E-state index contributed by atoms with van der Waals surface area (Å²) in [6.07, 6.45) is 8.21. The van der Waals surface area contributed by atoms with Crippen LogP contribution < -0.4 is 5.73 Å². The van der Waals surface area contributed by atoms with Crippen LogP contribution in [0.1, 0.15) is 55.6 Å². The maximum Gasteiger partial charge on any atom is 0.154 e. The van der Waals surface area contributed by atoms with Gasteiger partial charge < -0.3 is 10.3 Å². The highest BCUT2D eigenvalue weighted by atomic mass is 15.3. The lowest BCUT2D eigenvalue weighted by Gasteiger charge is -2.25. The molecule has 0 saturated heterocycles. The van der Waals surface area contributed by atoms with Crippen LogP contribution in [0.3, 0.4) is 0 Å². The largest absolute Gasteiger partial charge is 0.318 e. The van der Waals surface area contributed by atoms with Gasteiger partial charge in [-0.25, -0.2) is 0 Å². The Hall–Kier alpha value is -1.68. The average molecular weight is 256 g/mol. The molecule has 0 amide bonds. The Balaban J connectivity index is 1.87. The normalized spacial score (nSPS) is 18.4. The molecule has 19 heavy (non-hydrogen) atoms. The van der Waals surface area contributed by atoms with Crippen LogP contribution in [0.25, 0.3) is 0 Å². The van der Waals surface area contributed by atoms with Gasteiger partial charge in [-0.05, 0) is 18.4 Å². The van der Waals surface area contributed by atoms with Crippen molar-refractivity contribution in [2.75, 3.05) is 0 Å². The zero-order valence-corrected chi connectivity index (χ0v) is 11.1. The number of aromatic nitrogens is 3. The van der Waals surface area contributed by atoms with Crippen LogP contribution in [0.5, 0.6) is 0 Å². The number of hydrogen-bond donors (Lipinski definition) is 1. The minimum Gasteiger partial charge on any atom is -0.318 e. The molecule has 1 heterocycles. The van der Waals surface area contributed by atoms with Crippen molar-refractivity contribution in [1.82, 2.24) is 14.8 Å². The van der Waals surface area contributed by atoms with Gasteiger partial charge in [0.1, 0.15) is 6.33 Å². The van der Waals surface area contributed by atoms with Gasteiger partial charge in [0.15, 0.2) is 5.82 Å². The molecule has 0 bridgehead atoms. The molecule has 2 N–H and O–H groups in total. The molecule has 1 unspecified atom stereocenters. The van der Waals surface area contributed by atoms with Gasteiger partial charge in [-0.2, -0.15) is 0 Å². The number of rotatable bonds is 3. The Morgan fingerprint density at radius 2 is 1.84 bits per heavy atom. The molecule has 4 heteroatoms. The van der Waals surface area contributed by atoms with Crippen molar-refractivity contribution >= 4 is 0 Å². The zero-order chi connectivity index (χ0) is 13.1. The van der Waals surface area contributed by atoms with Gasteiger partial charge in [0.25, 0.3) is 0 Å². The quantitative estimate of drug-likeness (QED) is 0.918. The summed E-state index contributed by atoms with van der Waals surface area (Å²) in [6, 6.07) is 10.4. The fourth-order valence-electron chi connectivity index (χ4n) is 2.92. The van der Waals surface area contributed by atoms with E-state index in [1.165, 1.54) is 32.1 Å². The Bertz CT molecular complexity index is 514. The third-order valence-corrected chi connectivity index (χ3v) is 4.01. The molecule has 1 saturated carbocycles. The maximum absolute atomic E-state index is 6.34. The number of benzene rings is 1. The molecular weight excluding hydrogens is 236 g/mol. The molecule has 100 valence electrons. The van der Waals surface area contributed by atoms with Crippen molar-refractivity contribution < 1.29 is 0 Å². The predicted octanol–water partition coefficient (Wildman–Crippen LogP) is 2.83. The van der Waals surface area contributed by atoms with Crippen LogP contribution in [-0.4, -0.2) is 14.8 Å². The summed E-state index contributed by atoms with van der Waals surface area (Å²) in [5.41, 5.74) is 7.44. The first-order valence-electron chi connectivity index (χ1n) is 7.06. The molecule has 0 aliphatic heterocycles. The molecule has 1 aromatic carbocycles. The zero-order valence-electron chi connectivity index (χ0n) is 11.1. The van der Waals surface area contributed by atoms with Crippen molar-refractivity contribution in [3.8, 4) is 0 Å². The molecule has 2 aromatic rings. The lowest BCUT2D eigenvalue weighted by molar-refractivity contribution is 0.343. The standard InChI is InChI=1S/C15H20N4/c16-14(12-7-3-1-4-8-12)15-18-17-11-19(15)13-9-5-2-6-10-13/h1,3-4,7-8,11,13-14H,2,5-6,9-10,16H2. The third kappa shape index (κ3) is 2.54. The summed E-state index contributed by atoms with van der Waals surface area (Å²) in [7, 11) is 0. The van der Waals surface area contributed by atoms with E-state index >= 15 is 0 Å². The van der Waals surface area contributed by atoms with Crippen molar-refractivity contribution in [1.29, 1.82) is 0 Å². The van der Waals surface area contributed by atoms with E-state index in [0.717, 1.165) is 11.4 Å². The van der Waals surface area contributed by atoms with Gasteiger partial charge >= 0.3 is 0 Å². The lowest BCUT2D eigenvalue weighted by atomic mass is 9.95. The van der Waals surface area contributed by atoms with Gasteiger partial charge in [-0.3, -0.25) is 0 Å². The Morgan fingerprint density at radius 1 is 1.11 bits per heavy atom. The first-order chi connectivity index (χ1) is 9.36. The van der Waals surface area contributed by atoms with Gasteiger partial charge in [-0.1, -0.05) is 49.6 Å². The summed E-state index contributed by atoms with van der Waals surface area (Å²) < 4.78 is 2.19. The summed E-state index contributed by atoms with van der Waals surface area (Å²) in [5.74, 6) is 0.887. The Morgan fingerprint density at radius 3 is 2.58 bits per heavy atom. The molecule has 1 aliphatic rings.